The highest BCUT2D eigenvalue weighted by Gasteiger charge is 2.64. The smallest absolute Gasteiger partial charge is 0.193 e. The maximum Gasteiger partial charge on any atom is 0.193 e. The van der Waals surface area contributed by atoms with E-state index in [0.717, 1.165) is 12.1 Å². The molecule has 0 saturated carbocycles. The molecule has 0 amide bonds. The first-order valence-electron chi connectivity index (χ1n) is 11.0. The summed E-state index contributed by atoms with van der Waals surface area (Å²) in [5, 5.41) is 1.44. The lowest BCUT2D eigenvalue weighted by molar-refractivity contribution is 0.279. The summed E-state index contributed by atoms with van der Waals surface area (Å²) in [5.74, 6) is 1.76. The molecule has 5 rings (SSSR count). The maximum absolute atomic E-state index is 6.69. The number of allylic oxidation sites excluding steroid dienone is 1. The first kappa shape index (κ1) is 20.2. The highest BCUT2D eigenvalue weighted by molar-refractivity contribution is 8.20. The molecule has 3 aliphatic heterocycles. The van der Waals surface area contributed by atoms with E-state index in [0.29, 0.717) is 18.4 Å². The van der Waals surface area contributed by atoms with Crippen LogP contribution in [0.1, 0.15) is 44.7 Å². The van der Waals surface area contributed by atoms with Crippen molar-refractivity contribution in [1.82, 2.24) is 0 Å². The number of rotatable bonds is 4. The third kappa shape index (κ3) is 2.82. The van der Waals surface area contributed by atoms with Gasteiger partial charge in [0.25, 0.3) is 0 Å². The molecule has 30 heavy (non-hydrogen) atoms. The SMILES string of the molecule is CC1=C(c2ccccc2)[P@]2(=S)C[C@]1(C)[C@@H](c1ccccc1)[C@H]2C1=N[C@@H](C(C)C)CO1. The average molecular weight is 436 g/mol. The van der Waals surface area contributed by atoms with E-state index in [1.807, 2.05) is 0 Å². The Kier molecular flexibility index (Phi) is 4.84. The Morgan fingerprint density at radius 2 is 1.70 bits per heavy atom. The lowest BCUT2D eigenvalue weighted by Gasteiger charge is -2.39. The lowest BCUT2D eigenvalue weighted by atomic mass is 9.68. The normalized spacial score (nSPS) is 35.1. The quantitative estimate of drug-likeness (QED) is 0.509. The van der Waals surface area contributed by atoms with Gasteiger partial charge in [-0.2, -0.15) is 0 Å². The minimum Gasteiger partial charge on any atom is -0.478 e. The van der Waals surface area contributed by atoms with Crippen LogP contribution >= 0.6 is 6.04 Å². The Morgan fingerprint density at radius 1 is 1.07 bits per heavy atom. The largest absolute Gasteiger partial charge is 0.478 e. The van der Waals surface area contributed by atoms with E-state index in [1.165, 1.54) is 22.0 Å². The van der Waals surface area contributed by atoms with Gasteiger partial charge in [-0.05, 0) is 41.5 Å². The zero-order valence-electron chi connectivity index (χ0n) is 18.2. The second-order valence-corrected chi connectivity index (χ2v) is 14.5. The van der Waals surface area contributed by atoms with Gasteiger partial charge >= 0.3 is 0 Å². The second kappa shape index (κ2) is 7.18. The third-order valence-corrected chi connectivity index (χ3v) is 13.0. The summed E-state index contributed by atoms with van der Waals surface area (Å²) in [5.41, 5.74) is 4.41. The summed E-state index contributed by atoms with van der Waals surface area (Å²) in [7, 11) is 0. The molecule has 1 saturated heterocycles. The number of hydrogen-bond acceptors (Lipinski definition) is 3. The molecule has 2 aromatic carbocycles. The molecule has 0 aliphatic carbocycles. The van der Waals surface area contributed by atoms with Crippen LogP contribution in [0.3, 0.4) is 0 Å². The number of benzene rings is 2. The molecule has 2 aromatic rings. The summed E-state index contributed by atoms with van der Waals surface area (Å²) < 4.78 is 6.33. The topological polar surface area (TPSA) is 21.6 Å². The van der Waals surface area contributed by atoms with Crippen molar-refractivity contribution >= 4 is 29.1 Å². The number of ether oxygens (including phenoxy) is 1. The summed E-state index contributed by atoms with van der Waals surface area (Å²) in [6.45, 7) is 9.92. The Labute approximate surface area is 185 Å². The van der Waals surface area contributed by atoms with Gasteiger partial charge in [-0.3, -0.25) is 0 Å². The van der Waals surface area contributed by atoms with Crippen LogP contribution in [0.25, 0.3) is 5.31 Å². The van der Waals surface area contributed by atoms with E-state index in [1.54, 1.807) is 0 Å². The van der Waals surface area contributed by atoms with Gasteiger partial charge in [0.05, 0.1) is 11.7 Å². The maximum atomic E-state index is 6.69. The molecule has 5 atom stereocenters. The standard InChI is InChI=1S/C26H30NOPS/c1-17(2)21-15-28-25(27-21)24-22(19-11-7-5-8-12-19)26(4)16-29(24,30)23(18(26)3)20-13-9-6-10-14-20/h5-14,17,21-22,24H,15-16H2,1-4H3/t21-,22+,24+,26+,29-/m1/s1. The third-order valence-electron chi connectivity index (χ3n) is 7.53. The summed E-state index contributed by atoms with van der Waals surface area (Å²) >= 11 is 6.69. The zero-order valence-corrected chi connectivity index (χ0v) is 19.9. The van der Waals surface area contributed by atoms with Crippen LogP contribution in [-0.2, 0) is 16.5 Å². The number of aliphatic imine (C=N–C) groups is 1. The molecule has 1 fully saturated rings. The highest BCUT2D eigenvalue weighted by Crippen LogP contribution is 2.83. The van der Waals surface area contributed by atoms with E-state index in [9.17, 15) is 0 Å². The first-order valence-corrected chi connectivity index (χ1v) is 14.0. The minimum atomic E-state index is -1.91. The van der Waals surface area contributed by atoms with Gasteiger partial charge in [0.15, 0.2) is 5.90 Å². The molecule has 2 bridgehead atoms. The summed E-state index contributed by atoms with van der Waals surface area (Å²) in [6, 6.07) is 20.1. The van der Waals surface area contributed by atoms with E-state index in [-0.39, 0.29) is 17.1 Å². The monoisotopic (exact) mass is 435 g/mol. The number of nitrogens with zero attached hydrogens (tertiary/aromatic N) is 1. The average Bonchev–Trinajstić information content (AvgIpc) is 3.36. The molecule has 0 radical (unpaired) electrons. The molecule has 0 N–H and O–H groups in total. The van der Waals surface area contributed by atoms with Crippen molar-refractivity contribution in [3.8, 4) is 0 Å². The Morgan fingerprint density at radius 3 is 2.30 bits per heavy atom. The number of hydrogen-bond donors (Lipinski definition) is 0. The van der Waals surface area contributed by atoms with Gasteiger partial charge < -0.3 is 4.74 Å². The van der Waals surface area contributed by atoms with Crippen molar-refractivity contribution in [3.63, 3.8) is 0 Å². The van der Waals surface area contributed by atoms with Crippen LogP contribution in [0.4, 0.5) is 0 Å². The fourth-order valence-electron chi connectivity index (χ4n) is 5.87. The van der Waals surface area contributed by atoms with Crippen molar-refractivity contribution in [2.45, 2.75) is 45.3 Å². The Bertz CT molecular complexity index is 1070. The molecule has 0 aromatic heterocycles. The van der Waals surface area contributed by atoms with Crippen LogP contribution in [-0.4, -0.2) is 30.4 Å². The molecule has 3 heterocycles. The molecular weight excluding hydrogens is 405 g/mol. The van der Waals surface area contributed by atoms with Gasteiger partial charge in [-0.1, -0.05) is 98.8 Å². The predicted molar refractivity (Wildman–Crippen MR) is 131 cm³/mol. The van der Waals surface area contributed by atoms with Crippen molar-refractivity contribution in [3.05, 3.63) is 77.4 Å². The summed E-state index contributed by atoms with van der Waals surface area (Å²) in [6.07, 6.45) is 1.07. The van der Waals surface area contributed by atoms with Crippen LogP contribution in [0.5, 0.6) is 0 Å². The van der Waals surface area contributed by atoms with Crippen molar-refractivity contribution in [2.24, 2.45) is 16.3 Å². The van der Waals surface area contributed by atoms with E-state index < -0.39 is 6.04 Å². The van der Waals surface area contributed by atoms with Crippen molar-refractivity contribution in [2.75, 3.05) is 12.8 Å². The molecule has 3 aliphatic rings. The van der Waals surface area contributed by atoms with E-state index in [2.05, 4.69) is 88.4 Å². The molecule has 4 heteroatoms. The van der Waals surface area contributed by atoms with Gasteiger partial charge in [0, 0.05) is 11.3 Å². The fourth-order valence-corrected chi connectivity index (χ4v) is 13.0. The van der Waals surface area contributed by atoms with E-state index >= 15 is 0 Å². The fraction of sp³-hybridized carbons (Fsp3) is 0.423. The molecular formula is C26H30NOPS. The lowest BCUT2D eigenvalue weighted by Crippen LogP contribution is -2.35. The van der Waals surface area contributed by atoms with Crippen molar-refractivity contribution in [1.29, 1.82) is 0 Å². The van der Waals surface area contributed by atoms with Crippen LogP contribution < -0.4 is 0 Å². The first-order chi connectivity index (χ1) is 14.4. The van der Waals surface area contributed by atoms with Crippen LogP contribution in [0, 0.1) is 11.3 Å². The minimum absolute atomic E-state index is 0.0501. The molecule has 2 nitrogen and oxygen atoms in total. The number of fused-ring (bicyclic) bond motifs is 2. The second-order valence-electron chi connectivity index (χ2n) is 9.63. The molecule has 0 unspecified atom stereocenters. The van der Waals surface area contributed by atoms with E-state index in [4.69, 9.17) is 21.5 Å². The zero-order chi connectivity index (χ0) is 21.1. The van der Waals surface area contributed by atoms with Gasteiger partial charge in [0.2, 0.25) is 0 Å². The molecule has 0 spiro atoms. The van der Waals surface area contributed by atoms with Crippen LogP contribution in [0.15, 0.2) is 71.2 Å². The van der Waals surface area contributed by atoms with Gasteiger partial charge in [0.1, 0.15) is 6.61 Å². The van der Waals surface area contributed by atoms with Gasteiger partial charge in [-0.15, -0.1) is 0 Å². The highest BCUT2D eigenvalue weighted by atomic mass is 32.4. The predicted octanol–water partition coefficient (Wildman–Crippen LogP) is 6.54. The van der Waals surface area contributed by atoms with Crippen LogP contribution in [0.2, 0.25) is 0 Å². The Hall–Kier alpha value is -1.70. The molecule has 156 valence electrons. The van der Waals surface area contributed by atoms with Gasteiger partial charge in [-0.25, -0.2) is 4.99 Å². The van der Waals surface area contributed by atoms with Crippen molar-refractivity contribution < 1.29 is 4.74 Å². The summed E-state index contributed by atoms with van der Waals surface area (Å²) in [4.78, 5) is 5.13. The Balaban J connectivity index is 1.72.